The van der Waals surface area contributed by atoms with Crippen LogP contribution in [-0.4, -0.2) is 24.2 Å². The third-order valence-electron chi connectivity index (χ3n) is 4.40. The van der Waals surface area contributed by atoms with E-state index in [1.54, 1.807) is 18.2 Å². The highest BCUT2D eigenvalue weighted by atomic mass is 32.1. The molecule has 0 radical (unpaired) electrons. The van der Waals surface area contributed by atoms with Gasteiger partial charge in [0.15, 0.2) is 11.5 Å². The zero-order valence-corrected chi connectivity index (χ0v) is 15.6. The number of fused-ring (bicyclic) bond motifs is 1. The van der Waals surface area contributed by atoms with Crippen LogP contribution in [0.25, 0.3) is 0 Å². The van der Waals surface area contributed by atoms with Crippen LogP contribution in [0.4, 0.5) is 5.69 Å². The van der Waals surface area contributed by atoms with Gasteiger partial charge in [-0.2, -0.15) is 0 Å². The zero-order valence-electron chi connectivity index (χ0n) is 14.8. The SMILES string of the molecule is Cc1ccc([C@@H](O)c2cc3c(cc2NC(=O)c2cccs2)OCCO3)cc1. The Kier molecular flexibility index (Phi) is 4.83. The second-order valence-electron chi connectivity index (χ2n) is 6.33. The summed E-state index contributed by atoms with van der Waals surface area (Å²) < 4.78 is 11.3. The topological polar surface area (TPSA) is 67.8 Å². The van der Waals surface area contributed by atoms with E-state index in [0.717, 1.165) is 11.1 Å². The first kappa shape index (κ1) is 17.6. The maximum absolute atomic E-state index is 12.5. The Morgan fingerprint density at radius 2 is 1.81 bits per heavy atom. The van der Waals surface area contributed by atoms with Crippen LogP contribution in [0.5, 0.6) is 11.5 Å². The maximum atomic E-state index is 12.5. The molecule has 1 amide bonds. The Morgan fingerprint density at radius 1 is 1.11 bits per heavy atom. The van der Waals surface area contributed by atoms with Crippen LogP contribution in [0.2, 0.25) is 0 Å². The fourth-order valence-corrected chi connectivity index (χ4v) is 3.58. The molecule has 5 nitrogen and oxygen atoms in total. The number of thiophene rings is 1. The molecule has 0 saturated heterocycles. The summed E-state index contributed by atoms with van der Waals surface area (Å²) in [5.41, 5.74) is 2.92. The number of anilines is 1. The Hall–Kier alpha value is -2.83. The van der Waals surface area contributed by atoms with Crippen LogP contribution >= 0.6 is 11.3 Å². The zero-order chi connectivity index (χ0) is 18.8. The van der Waals surface area contributed by atoms with E-state index >= 15 is 0 Å². The third kappa shape index (κ3) is 3.67. The minimum atomic E-state index is -0.903. The average molecular weight is 381 g/mol. The van der Waals surface area contributed by atoms with Crippen molar-refractivity contribution in [1.82, 2.24) is 0 Å². The number of nitrogens with one attached hydrogen (secondary N) is 1. The molecule has 4 rings (SSSR count). The summed E-state index contributed by atoms with van der Waals surface area (Å²) >= 11 is 1.36. The van der Waals surface area contributed by atoms with Crippen LogP contribution < -0.4 is 14.8 Å². The van der Waals surface area contributed by atoms with Crippen LogP contribution in [0.3, 0.4) is 0 Å². The second-order valence-corrected chi connectivity index (χ2v) is 7.28. The highest BCUT2D eigenvalue weighted by Crippen LogP contribution is 2.40. The molecule has 1 aliphatic rings. The van der Waals surface area contributed by atoms with Crippen LogP contribution in [0.1, 0.15) is 32.5 Å². The van der Waals surface area contributed by atoms with Gasteiger partial charge in [0.05, 0.1) is 10.6 Å². The van der Waals surface area contributed by atoms with Gasteiger partial charge in [0, 0.05) is 11.6 Å². The summed E-state index contributed by atoms with van der Waals surface area (Å²) in [6, 6.07) is 14.7. The molecule has 3 aromatic rings. The minimum absolute atomic E-state index is 0.223. The molecule has 1 aliphatic heterocycles. The molecule has 0 unspecified atom stereocenters. The van der Waals surface area contributed by atoms with Gasteiger partial charge >= 0.3 is 0 Å². The van der Waals surface area contributed by atoms with Crippen molar-refractivity contribution in [2.75, 3.05) is 18.5 Å². The molecule has 1 atom stereocenters. The van der Waals surface area contributed by atoms with Crippen molar-refractivity contribution in [1.29, 1.82) is 0 Å². The second kappa shape index (κ2) is 7.42. The molecule has 2 N–H and O–H groups in total. The number of carbonyl (C=O) groups is 1. The van der Waals surface area contributed by atoms with E-state index in [-0.39, 0.29) is 5.91 Å². The molecular formula is C21H19NO4S. The van der Waals surface area contributed by atoms with E-state index in [2.05, 4.69) is 5.32 Å². The first-order valence-electron chi connectivity index (χ1n) is 8.65. The Morgan fingerprint density at radius 3 is 2.48 bits per heavy atom. The van der Waals surface area contributed by atoms with Crippen LogP contribution in [0.15, 0.2) is 53.9 Å². The lowest BCUT2D eigenvalue weighted by molar-refractivity contribution is 0.103. The predicted molar refractivity (Wildman–Crippen MR) is 105 cm³/mol. The number of benzene rings is 2. The number of hydrogen-bond donors (Lipinski definition) is 2. The predicted octanol–water partition coefficient (Wildman–Crippen LogP) is 4.16. The normalized spacial score (nSPS) is 13.9. The highest BCUT2D eigenvalue weighted by molar-refractivity contribution is 7.12. The molecule has 0 aliphatic carbocycles. The number of aliphatic hydroxyl groups is 1. The highest BCUT2D eigenvalue weighted by Gasteiger charge is 2.22. The van der Waals surface area contributed by atoms with Crippen molar-refractivity contribution < 1.29 is 19.4 Å². The van der Waals surface area contributed by atoms with Crippen molar-refractivity contribution in [3.63, 3.8) is 0 Å². The van der Waals surface area contributed by atoms with Gasteiger partial charge in [0.25, 0.3) is 5.91 Å². The monoisotopic (exact) mass is 381 g/mol. The summed E-state index contributed by atoms with van der Waals surface area (Å²) in [6.45, 7) is 2.89. The molecule has 0 fully saturated rings. The number of rotatable bonds is 4. The van der Waals surface area contributed by atoms with Crippen molar-refractivity contribution in [3.05, 3.63) is 75.5 Å². The first-order valence-corrected chi connectivity index (χ1v) is 9.53. The lowest BCUT2D eigenvalue weighted by Crippen LogP contribution is -2.18. The molecule has 2 aromatic carbocycles. The quantitative estimate of drug-likeness (QED) is 0.712. The smallest absolute Gasteiger partial charge is 0.265 e. The lowest BCUT2D eigenvalue weighted by Gasteiger charge is -2.23. The molecule has 6 heteroatoms. The van der Waals surface area contributed by atoms with E-state index in [4.69, 9.17) is 9.47 Å². The van der Waals surface area contributed by atoms with Gasteiger partial charge in [-0.15, -0.1) is 11.3 Å². The Labute approximate surface area is 161 Å². The van der Waals surface area contributed by atoms with Gasteiger partial charge in [-0.3, -0.25) is 4.79 Å². The average Bonchev–Trinajstić information content (AvgIpc) is 3.22. The van der Waals surface area contributed by atoms with E-state index in [1.807, 2.05) is 42.6 Å². The summed E-state index contributed by atoms with van der Waals surface area (Å²) in [4.78, 5) is 13.1. The molecular weight excluding hydrogens is 362 g/mol. The molecule has 0 saturated carbocycles. The van der Waals surface area contributed by atoms with Gasteiger partial charge in [0.2, 0.25) is 0 Å². The van der Waals surface area contributed by atoms with Crippen LogP contribution in [0, 0.1) is 6.92 Å². The van der Waals surface area contributed by atoms with E-state index in [9.17, 15) is 9.90 Å². The number of aryl methyl sites for hydroxylation is 1. The van der Waals surface area contributed by atoms with Gasteiger partial charge in [-0.25, -0.2) is 0 Å². The summed E-state index contributed by atoms with van der Waals surface area (Å²) in [6.07, 6.45) is -0.903. The van der Waals surface area contributed by atoms with E-state index in [1.165, 1.54) is 11.3 Å². The van der Waals surface area contributed by atoms with E-state index < -0.39 is 6.10 Å². The standard InChI is InChI=1S/C21H19NO4S/c1-13-4-6-14(7-5-13)20(23)15-11-17-18(26-9-8-25-17)12-16(15)22-21(24)19-3-2-10-27-19/h2-7,10-12,20,23H,8-9H2,1H3,(H,22,24)/t20-/m1/s1. The molecule has 27 heavy (non-hydrogen) atoms. The number of carbonyl (C=O) groups excluding carboxylic acids is 1. The molecule has 0 spiro atoms. The van der Waals surface area contributed by atoms with Crippen molar-refractivity contribution >= 4 is 22.9 Å². The number of hydrogen-bond acceptors (Lipinski definition) is 5. The largest absolute Gasteiger partial charge is 0.486 e. The van der Waals surface area contributed by atoms with E-state index in [0.29, 0.717) is 40.8 Å². The Balaban J connectivity index is 1.73. The summed E-state index contributed by atoms with van der Waals surface area (Å²) in [7, 11) is 0. The maximum Gasteiger partial charge on any atom is 0.265 e. The number of amides is 1. The number of ether oxygens (including phenoxy) is 2. The summed E-state index contributed by atoms with van der Waals surface area (Å²) in [5, 5.41) is 15.7. The van der Waals surface area contributed by atoms with Gasteiger partial charge in [-0.05, 0) is 30.0 Å². The first-order chi connectivity index (χ1) is 13.1. The number of aliphatic hydroxyl groups excluding tert-OH is 1. The Bertz CT molecular complexity index is 951. The molecule has 2 heterocycles. The van der Waals surface area contributed by atoms with Crippen molar-refractivity contribution in [2.45, 2.75) is 13.0 Å². The molecule has 1 aromatic heterocycles. The summed E-state index contributed by atoms with van der Waals surface area (Å²) in [5.74, 6) is 0.901. The lowest BCUT2D eigenvalue weighted by atomic mass is 9.98. The minimum Gasteiger partial charge on any atom is -0.486 e. The van der Waals surface area contributed by atoms with Crippen molar-refractivity contribution in [3.8, 4) is 11.5 Å². The molecule has 0 bridgehead atoms. The fourth-order valence-electron chi connectivity index (χ4n) is 2.96. The van der Waals surface area contributed by atoms with Crippen LogP contribution in [-0.2, 0) is 0 Å². The molecule has 138 valence electrons. The van der Waals surface area contributed by atoms with Crippen molar-refractivity contribution in [2.24, 2.45) is 0 Å². The third-order valence-corrected chi connectivity index (χ3v) is 5.26. The van der Waals surface area contributed by atoms with Gasteiger partial charge in [0.1, 0.15) is 19.3 Å². The van der Waals surface area contributed by atoms with Gasteiger partial charge in [-0.1, -0.05) is 35.9 Å². The van der Waals surface area contributed by atoms with Gasteiger partial charge < -0.3 is 19.9 Å². The fraction of sp³-hybridized carbons (Fsp3) is 0.190.